The topological polar surface area (TPSA) is 0 Å². The number of allylic oxidation sites excluding steroid dienone is 1. The molecule has 0 amide bonds. The standard InChI is InChI=1S/C10H7BrF4/c1-6(5-11)7-2-3-9(12)8(4-7)10(13,14)15/h2-4H,1,5H2. The molecule has 0 atom stereocenters. The van der Waals surface area contributed by atoms with Gasteiger partial charge in [0.25, 0.3) is 0 Å². The Morgan fingerprint density at radius 2 is 1.93 bits per heavy atom. The molecule has 0 unspecified atom stereocenters. The molecule has 0 aliphatic rings. The van der Waals surface area contributed by atoms with Crippen molar-refractivity contribution < 1.29 is 17.6 Å². The largest absolute Gasteiger partial charge is 0.419 e. The second-order valence-corrected chi connectivity index (χ2v) is 3.49. The molecule has 1 rings (SSSR count). The van der Waals surface area contributed by atoms with E-state index in [9.17, 15) is 17.6 Å². The molecule has 0 aliphatic carbocycles. The highest BCUT2D eigenvalue weighted by molar-refractivity contribution is 9.09. The molecule has 0 aliphatic heterocycles. The van der Waals surface area contributed by atoms with Crippen molar-refractivity contribution in [1.82, 2.24) is 0 Å². The van der Waals surface area contributed by atoms with E-state index in [1.807, 2.05) is 0 Å². The maximum atomic E-state index is 12.9. The van der Waals surface area contributed by atoms with Crippen LogP contribution in [0.25, 0.3) is 5.57 Å². The average Bonchev–Trinajstić information content (AvgIpc) is 2.15. The number of rotatable bonds is 2. The van der Waals surface area contributed by atoms with Crippen molar-refractivity contribution in [3.05, 3.63) is 41.7 Å². The van der Waals surface area contributed by atoms with Crippen LogP contribution in [0.4, 0.5) is 17.6 Å². The molecule has 0 bridgehead atoms. The molecule has 0 radical (unpaired) electrons. The maximum absolute atomic E-state index is 12.9. The maximum Gasteiger partial charge on any atom is 0.419 e. The lowest BCUT2D eigenvalue weighted by Gasteiger charge is -2.10. The van der Waals surface area contributed by atoms with Gasteiger partial charge in [0, 0.05) is 5.33 Å². The van der Waals surface area contributed by atoms with Gasteiger partial charge in [0.1, 0.15) is 5.82 Å². The van der Waals surface area contributed by atoms with E-state index in [0.29, 0.717) is 10.9 Å². The summed E-state index contributed by atoms with van der Waals surface area (Å²) < 4.78 is 49.8. The lowest BCUT2D eigenvalue weighted by Crippen LogP contribution is -2.08. The molecule has 0 saturated heterocycles. The first-order valence-corrected chi connectivity index (χ1v) is 5.09. The zero-order chi connectivity index (χ0) is 11.6. The monoisotopic (exact) mass is 282 g/mol. The molecule has 82 valence electrons. The van der Waals surface area contributed by atoms with Gasteiger partial charge < -0.3 is 0 Å². The molecular formula is C10H7BrF4. The Balaban J connectivity index is 3.23. The SMILES string of the molecule is C=C(CBr)c1ccc(F)c(C(F)(F)F)c1. The lowest BCUT2D eigenvalue weighted by molar-refractivity contribution is -0.140. The number of alkyl halides is 4. The highest BCUT2D eigenvalue weighted by Crippen LogP contribution is 2.33. The van der Waals surface area contributed by atoms with E-state index in [1.54, 1.807) is 0 Å². The molecule has 5 heteroatoms. The molecule has 0 spiro atoms. The van der Waals surface area contributed by atoms with Crippen LogP contribution in [0.3, 0.4) is 0 Å². The fraction of sp³-hybridized carbons (Fsp3) is 0.200. The molecule has 0 aromatic heterocycles. The summed E-state index contributed by atoms with van der Waals surface area (Å²) in [4.78, 5) is 0. The quantitative estimate of drug-likeness (QED) is 0.562. The van der Waals surface area contributed by atoms with Gasteiger partial charge >= 0.3 is 6.18 Å². The predicted molar refractivity (Wildman–Crippen MR) is 54.2 cm³/mol. The van der Waals surface area contributed by atoms with Gasteiger partial charge in [0.05, 0.1) is 5.56 Å². The summed E-state index contributed by atoms with van der Waals surface area (Å²) in [5.41, 5.74) is -0.511. The van der Waals surface area contributed by atoms with Crippen molar-refractivity contribution in [2.24, 2.45) is 0 Å². The second-order valence-electron chi connectivity index (χ2n) is 2.93. The third-order valence-corrected chi connectivity index (χ3v) is 2.52. The normalized spacial score (nSPS) is 11.5. The van der Waals surface area contributed by atoms with Crippen LogP contribution < -0.4 is 0 Å². The first-order valence-electron chi connectivity index (χ1n) is 3.97. The van der Waals surface area contributed by atoms with Crippen molar-refractivity contribution >= 4 is 21.5 Å². The van der Waals surface area contributed by atoms with Crippen LogP contribution in [0, 0.1) is 5.82 Å². The summed E-state index contributed by atoms with van der Waals surface area (Å²) in [7, 11) is 0. The zero-order valence-corrected chi connectivity index (χ0v) is 9.12. The van der Waals surface area contributed by atoms with Crippen LogP contribution in [0.2, 0.25) is 0 Å². The van der Waals surface area contributed by atoms with Gasteiger partial charge in [-0.2, -0.15) is 13.2 Å². The molecule has 1 aromatic rings. The predicted octanol–water partition coefficient (Wildman–Crippen LogP) is 4.25. The molecule has 0 fully saturated rings. The number of hydrogen-bond acceptors (Lipinski definition) is 0. The second kappa shape index (κ2) is 4.35. The van der Waals surface area contributed by atoms with E-state index >= 15 is 0 Å². The summed E-state index contributed by atoms with van der Waals surface area (Å²) in [6.07, 6.45) is -4.67. The Morgan fingerprint density at radius 1 is 1.33 bits per heavy atom. The van der Waals surface area contributed by atoms with Gasteiger partial charge in [-0.25, -0.2) is 4.39 Å². The molecule has 1 aromatic carbocycles. The van der Waals surface area contributed by atoms with Gasteiger partial charge in [-0.3, -0.25) is 0 Å². The molecule has 0 saturated carbocycles. The smallest absolute Gasteiger partial charge is 0.206 e. The van der Waals surface area contributed by atoms with Crippen LogP contribution in [0.15, 0.2) is 24.8 Å². The third-order valence-electron chi connectivity index (χ3n) is 1.84. The van der Waals surface area contributed by atoms with Crippen LogP contribution in [-0.4, -0.2) is 5.33 Å². The van der Waals surface area contributed by atoms with E-state index in [4.69, 9.17) is 0 Å². The minimum absolute atomic E-state index is 0.278. The summed E-state index contributed by atoms with van der Waals surface area (Å²) in [6, 6.07) is 2.83. The fourth-order valence-electron chi connectivity index (χ4n) is 1.04. The van der Waals surface area contributed by atoms with E-state index < -0.39 is 17.6 Å². The molecule has 0 N–H and O–H groups in total. The molecule has 15 heavy (non-hydrogen) atoms. The van der Waals surface area contributed by atoms with Crippen LogP contribution >= 0.6 is 15.9 Å². The van der Waals surface area contributed by atoms with E-state index in [1.165, 1.54) is 6.07 Å². The third kappa shape index (κ3) is 2.81. The van der Waals surface area contributed by atoms with E-state index in [2.05, 4.69) is 22.5 Å². The lowest BCUT2D eigenvalue weighted by atomic mass is 10.1. The van der Waals surface area contributed by atoms with Gasteiger partial charge in [0.2, 0.25) is 0 Å². The van der Waals surface area contributed by atoms with Gasteiger partial charge in [0.15, 0.2) is 0 Å². The minimum Gasteiger partial charge on any atom is -0.206 e. The number of benzene rings is 1. The van der Waals surface area contributed by atoms with Gasteiger partial charge in [-0.05, 0) is 23.3 Å². The summed E-state index contributed by atoms with van der Waals surface area (Å²) in [5, 5.41) is 0.343. The van der Waals surface area contributed by atoms with Crippen molar-refractivity contribution in [3.8, 4) is 0 Å². The average molecular weight is 283 g/mol. The van der Waals surface area contributed by atoms with Crippen molar-refractivity contribution in [2.45, 2.75) is 6.18 Å². The molecule has 0 nitrogen and oxygen atoms in total. The Bertz CT molecular complexity index is 381. The van der Waals surface area contributed by atoms with Gasteiger partial charge in [-0.1, -0.05) is 28.6 Å². The minimum atomic E-state index is -4.67. The van der Waals surface area contributed by atoms with Crippen LogP contribution in [0.1, 0.15) is 11.1 Å². The van der Waals surface area contributed by atoms with Crippen LogP contribution in [-0.2, 0) is 6.18 Å². The summed E-state index contributed by atoms with van der Waals surface area (Å²) in [5.74, 6) is -1.27. The molecular weight excluding hydrogens is 276 g/mol. The highest BCUT2D eigenvalue weighted by Gasteiger charge is 2.34. The van der Waals surface area contributed by atoms with Crippen molar-refractivity contribution in [1.29, 1.82) is 0 Å². The Hall–Kier alpha value is -0.840. The van der Waals surface area contributed by atoms with Crippen molar-refractivity contribution in [2.75, 3.05) is 5.33 Å². The number of halogens is 5. The van der Waals surface area contributed by atoms with Crippen LogP contribution in [0.5, 0.6) is 0 Å². The Morgan fingerprint density at radius 3 is 2.40 bits per heavy atom. The van der Waals surface area contributed by atoms with E-state index in [-0.39, 0.29) is 5.56 Å². The Labute approximate surface area is 92.7 Å². The Kier molecular flexibility index (Phi) is 3.54. The molecule has 0 heterocycles. The van der Waals surface area contributed by atoms with Gasteiger partial charge in [-0.15, -0.1) is 0 Å². The summed E-state index contributed by atoms with van der Waals surface area (Å²) in [6.45, 7) is 3.56. The number of hydrogen-bond donors (Lipinski definition) is 0. The highest BCUT2D eigenvalue weighted by atomic mass is 79.9. The summed E-state index contributed by atoms with van der Waals surface area (Å²) >= 11 is 3.07. The van der Waals surface area contributed by atoms with Crippen molar-refractivity contribution in [3.63, 3.8) is 0 Å². The first-order chi connectivity index (χ1) is 6.86. The first kappa shape index (κ1) is 12.2. The fourth-order valence-corrected chi connectivity index (χ4v) is 1.36. The zero-order valence-electron chi connectivity index (χ0n) is 7.54. The van der Waals surface area contributed by atoms with E-state index in [0.717, 1.165) is 12.1 Å².